The van der Waals surface area contributed by atoms with Gasteiger partial charge in [-0.1, -0.05) is 6.07 Å². The molecular formula is C17H28N6OS. The Morgan fingerprint density at radius 1 is 1.32 bits per heavy atom. The number of nitrogens with zero attached hydrogens (tertiary/aromatic N) is 4. The van der Waals surface area contributed by atoms with Gasteiger partial charge in [-0.25, -0.2) is 4.99 Å². The van der Waals surface area contributed by atoms with E-state index in [-0.39, 0.29) is 0 Å². The van der Waals surface area contributed by atoms with Crippen LogP contribution < -0.4 is 10.6 Å². The fraction of sp³-hybridized carbons (Fsp3) is 0.588. The minimum Gasteiger partial charge on any atom is -0.382 e. The summed E-state index contributed by atoms with van der Waals surface area (Å²) in [5.74, 6) is 2.54. The van der Waals surface area contributed by atoms with Gasteiger partial charge in [-0.2, -0.15) is 0 Å². The maximum absolute atomic E-state index is 5.37. The SMILES string of the molecule is CCOCCCNC(=NCc1nnc(C)n1C)NCCc1cccs1. The van der Waals surface area contributed by atoms with Crippen LogP contribution in [0, 0.1) is 6.92 Å². The topological polar surface area (TPSA) is 76.4 Å². The molecule has 0 amide bonds. The Kier molecular flexibility index (Phi) is 8.41. The molecule has 0 atom stereocenters. The molecule has 2 aromatic heterocycles. The van der Waals surface area contributed by atoms with Crippen molar-refractivity contribution in [1.82, 2.24) is 25.4 Å². The van der Waals surface area contributed by atoms with Crippen molar-refractivity contribution >= 4 is 17.3 Å². The number of hydrogen-bond acceptors (Lipinski definition) is 5. The molecule has 0 unspecified atom stereocenters. The molecule has 0 aliphatic rings. The summed E-state index contributed by atoms with van der Waals surface area (Å²) in [5.41, 5.74) is 0. The molecular weight excluding hydrogens is 336 g/mol. The molecule has 0 fully saturated rings. The van der Waals surface area contributed by atoms with E-state index in [1.807, 2.05) is 25.5 Å². The van der Waals surface area contributed by atoms with E-state index < -0.39 is 0 Å². The second kappa shape index (κ2) is 10.8. The van der Waals surface area contributed by atoms with Gasteiger partial charge in [0.05, 0.1) is 0 Å². The third-order valence-corrected chi connectivity index (χ3v) is 4.70. The Morgan fingerprint density at radius 2 is 2.16 bits per heavy atom. The first kappa shape index (κ1) is 19.4. The van der Waals surface area contributed by atoms with Crippen molar-refractivity contribution in [2.24, 2.45) is 12.0 Å². The average Bonchev–Trinajstić information content (AvgIpc) is 3.23. The summed E-state index contributed by atoms with van der Waals surface area (Å²) < 4.78 is 7.33. The summed E-state index contributed by atoms with van der Waals surface area (Å²) in [6.07, 6.45) is 1.93. The van der Waals surface area contributed by atoms with E-state index in [0.29, 0.717) is 6.54 Å². The summed E-state index contributed by atoms with van der Waals surface area (Å²) in [7, 11) is 1.96. The standard InChI is InChI=1S/C17H28N6OS/c1-4-24-11-6-9-18-17(19-10-8-15-7-5-12-25-15)20-13-16-22-21-14(2)23(16)3/h5,7,12H,4,6,8-11,13H2,1-3H3,(H2,18,19,20). The molecule has 138 valence electrons. The predicted octanol–water partition coefficient (Wildman–Crippen LogP) is 1.89. The minimum absolute atomic E-state index is 0.497. The van der Waals surface area contributed by atoms with E-state index in [0.717, 1.165) is 56.8 Å². The normalized spacial score (nSPS) is 11.7. The number of nitrogens with one attached hydrogen (secondary N) is 2. The second-order valence-corrected chi connectivity index (χ2v) is 6.65. The lowest BCUT2D eigenvalue weighted by Crippen LogP contribution is -2.39. The van der Waals surface area contributed by atoms with E-state index in [1.165, 1.54) is 4.88 Å². The summed E-state index contributed by atoms with van der Waals surface area (Å²) >= 11 is 1.78. The van der Waals surface area contributed by atoms with Gasteiger partial charge in [-0.05, 0) is 38.1 Å². The molecule has 8 heteroatoms. The van der Waals surface area contributed by atoms with Gasteiger partial charge in [0.1, 0.15) is 12.4 Å². The van der Waals surface area contributed by atoms with Gasteiger partial charge in [0.25, 0.3) is 0 Å². The molecule has 7 nitrogen and oxygen atoms in total. The van der Waals surface area contributed by atoms with Gasteiger partial charge >= 0.3 is 0 Å². The fourth-order valence-corrected chi connectivity index (χ4v) is 2.91. The molecule has 0 saturated heterocycles. The van der Waals surface area contributed by atoms with Crippen LogP contribution in [-0.2, 0) is 24.8 Å². The van der Waals surface area contributed by atoms with Crippen LogP contribution in [0.3, 0.4) is 0 Å². The number of hydrogen-bond donors (Lipinski definition) is 2. The zero-order valence-electron chi connectivity index (χ0n) is 15.3. The van der Waals surface area contributed by atoms with E-state index in [4.69, 9.17) is 4.74 Å². The number of rotatable bonds is 10. The van der Waals surface area contributed by atoms with E-state index >= 15 is 0 Å². The molecule has 0 aromatic carbocycles. The smallest absolute Gasteiger partial charge is 0.191 e. The summed E-state index contributed by atoms with van der Waals surface area (Å²) in [6.45, 7) is 7.62. The zero-order chi connectivity index (χ0) is 17.9. The number of aryl methyl sites for hydroxylation is 1. The van der Waals surface area contributed by atoms with Gasteiger partial charge in [0.15, 0.2) is 11.8 Å². The summed E-state index contributed by atoms with van der Waals surface area (Å²) in [5, 5.41) is 17.1. The lowest BCUT2D eigenvalue weighted by Gasteiger charge is -2.12. The van der Waals surface area contributed by atoms with Crippen LogP contribution in [0.5, 0.6) is 0 Å². The van der Waals surface area contributed by atoms with E-state index in [9.17, 15) is 0 Å². The van der Waals surface area contributed by atoms with E-state index in [2.05, 4.69) is 43.3 Å². The number of ether oxygens (including phenoxy) is 1. The van der Waals surface area contributed by atoms with Crippen molar-refractivity contribution in [2.75, 3.05) is 26.3 Å². The Balaban J connectivity index is 1.85. The highest BCUT2D eigenvalue weighted by Crippen LogP contribution is 2.08. The number of aliphatic imine (C=N–C) groups is 1. The van der Waals surface area contributed by atoms with Gasteiger partial charge in [0, 0.05) is 38.2 Å². The molecule has 0 aliphatic carbocycles. The molecule has 0 bridgehead atoms. The highest BCUT2D eigenvalue weighted by atomic mass is 32.1. The van der Waals surface area contributed by atoms with Crippen molar-refractivity contribution in [2.45, 2.75) is 33.2 Å². The second-order valence-electron chi connectivity index (χ2n) is 5.62. The number of guanidine groups is 1. The zero-order valence-corrected chi connectivity index (χ0v) is 16.1. The van der Waals surface area contributed by atoms with Gasteiger partial charge in [-0.15, -0.1) is 21.5 Å². The first-order valence-electron chi connectivity index (χ1n) is 8.68. The van der Waals surface area contributed by atoms with Crippen LogP contribution in [0.4, 0.5) is 0 Å². The van der Waals surface area contributed by atoms with Crippen molar-refractivity contribution in [1.29, 1.82) is 0 Å². The molecule has 2 aromatic rings. The van der Waals surface area contributed by atoms with Crippen LogP contribution in [0.1, 0.15) is 29.9 Å². The van der Waals surface area contributed by atoms with Crippen molar-refractivity contribution < 1.29 is 4.74 Å². The van der Waals surface area contributed by atoms with Crippen molar-refractivity contribution in [3.05, 3.63) is 34.0 Å². The molecule has 0 spiro atoms. The Hall–Kier alpha value is -1.93. The highest BCUT2D eigenvalue weighted by molar-refractivity contribution is 7.09. The van der Waals surface area contributed by atoms with Crippen LogP contribution in [0.25, 0.3) is 0 Å². The quantitative estimate of drug-likeness (QED) is 0.382. The van der Waals surface area contributed by atoms with Crippen molar-refractivity contribution in [3.63, 3.8) is 0 Å². The molecule has 25 heavy (non-hydrogen) atoms. The van der Waals surface area contributed by atoms with Crippen LogP contribution in [0.15, 0.2) is 22.5 Å². The lowest BCUT2D eigenvalue weighted by molar-refractivity contribution is 0.145. The third-order valence-electron chi connectivity index (χ3n) is 3.77. The Bertz CT molecular complexity index is 638. The van der Waals surface area contributed by atoms with Crippen LogP contribution in [-0.4, -0.2) is 47.0 Å². The molecule has 2 rings (SSSR count). The number of aromatic nitrogens is 3. The molecule has 0 aliphatic heterocycles. The first-order valence-corrected chi connectivity index (χ1v) is 9.55. The lowest BCUT2D eigenvalue weighted by atomic mass is 10.3. The third kappa shape index (κ3) is 6.83. The Labute approximate surface area is 153 Å². The van der Waals surface area contributed by atoms with Crippen molar-refractivity contribution in [3.8, 4) is 0 Å². The van der Waals surface area contributed by atoms with E-state index in [1.54, 1.807) is 11.3 Å². The average molecular weight is 365 g/mol. The fourth-order valence-electron chi connectivity index (χ4n) is 2.20. The summed E-state index contributed by atoms with van der Waals surface area (Å²) in [6, 6.07) is 4.23. The molecule has 2 heterocycles. The van der Waals surface area contributed by atoms with Crippen LogP contribution in [0.2, 0.25) is 0 Å². The van der Waals surface area contributed by atoms with Gasteiger partial charge in [0.2, 0.25) is 0 Å². The molecule has 0 saturated carbocycles. The van der Waals surface area contributed by atoms with Gasteiger partial charge in [-0.3, -0.25) is 0 Å². The number of thiophene rings is 1. The maximum atomic E-state index is 5.37. The van der Waals surface area contributed by atoms with Gasteiger partial charge < -0.3 is 19.9 Å². The summed E-state index contributed by atoms with van der Waals surface area (Å²) in [4.78, 5) is 6.01. The minimum atomic E-state index is 0.497. The predicted molar refractivity (Wildman–Crippen MR) is 102 cm³/mol. The highest BCUT2D eigenvalue weighted by Gasteiger charge is 2.05. The molecule has 0 radical (unpaired) electrons. The maximum Gasteiger partial charge on any atom is 0.191 e. The monoisotopic (exact) mass is 364 g/mol. The Morgan fingerprint density at radius 3 is 2.84 bits per heavy atom. The first-order chi connectivity index (χ1) is 12.2. The van der Waals surface area contributed by atoms with Crippen LogP contribution >= 0.6 is 11.3 Å². The largest absolute Gasteiger partial charge is 0.382 e. The molecule has 2 N–H and O–H groups in total.